The SMILES string of the molecule is CC1CNCCN1c1c(N2CCCCC2)nc2ccccn2c1=O. The van der Waals surface area contributed by atoms with Gasteiger partial charge in [0.15, 0.2) is 5.82 Å². The highest BCUT2D eigenvalue weighted by atomic mass is 16.1. The van der Waals surface area contributed by atoms with Crippen LogP contribution in [0.25, 0.3) is 5.65 Å². The zero-order valence-corrected chi connectivity index (χ0v) is 14.2. The minimum atomic E-state index is 0.0509. The molecule has 0 aromatic carbocycles. The first-order valence-electron chi connectivity index (χ1n) is 8.99. The number of anilines is 2. The molecule has 6 nitrogen and oxygen atoms in total. The van der Waals surface area contributed by atoms with Crippen LogP contribution in [-0.4, -0.2) is 48.2 Å². The van der Waals surface area contributed by atoms with Gasteiger partial charge in [-0.15, -0.1) is 0 Å². The molecule has 4 heterocycles. The number of rotatable bonds is 2. The second-order valence-corrected chi connectivity index (χ2v) is 6.81. The third kappa shape index (κ3) is 2.65. The molecule has 2 aromatic rings. The minimum Gasteiger partial charge on any atom is -0.359 e. The maximum absolute atomic E-state index is 13.3. The van der Waals surface area contributed by atoms with Crippen molar-refractivity contribution in [2.24, 2.45) is 0 Å². The number of nitrogens with zero attached hydrogens (tertiary/aromatic N) is 4. The molecular weight excluding hydrogens is 302 g/mol. The number of nitrogens with one attached hydrogen (secondary N) is 1. The Bertz CT molecular complexity index is 781. The summed E-state index contributed by atoms with van der Waals surface area (Å²) in [7, 11) is 0. The highest BCUT2D eigenvalue weighted by Crippen LogP contribution is 2.28. The van der Waals surface area contributed by atoms with Gasteiger partial charge in [-0.3, -0.25) is 9.20 Å². The molecule has 4 rings (SSSR count). The van der Waals surface area contributed by atoms with Gasteiger partial charge in [0.2, 0.25) is 0 Å². The second-order valence-electron chi connectivity index (χ2n) is 6.81. The fourth-order valence-electron chi connectivity index (χ4n) is 3.82. The molecule has 2 saturated heterocycles. The van der Waals surface area contributed by atoms with Crippen molar-refractivity contribution < 1.29 is 0 Å². The number of hydrogen-bond donors (Lipinski definition) is 1. The Morgan fingerprint density at radius 2 is 2.00 bits per heavy atom. The Morgan fingerprint density at radius 1 is 1.17 bits per heavy atom. The molecule has 2 aliphatic rings. The maximum Gasteiger partial charge on any atom is 0.283 e. The molecule has 0 amide bonds. The number of hydrogen-bond acceptors (Lipinski definition) is 5. The van der Waals surface area contributed by atoms with E-state index >= 15 is 0 Å². The summed E-state index contributed by atoms with van der Waals surface area (Å²) in [6, 6.07) is 6.04. The van der Waals surface area contributed by atoms with Crippen molar-refractivity contribution in [1.29, 1.82) is 0 Å². The van der Waals surface area contributed by atoms with E-state index in [1.54, 1.807) is 4.40 Å². The zero-order chi connectivity index (χ0) is 16.5. The van der Waals surface area contributed by atoms with Gasteiger partial charge >= 0.3 is 0 Å². The minimum absolute atomic E-state index is 0.0509. The van der Waals surface area contributed by atoms with Crippen LogP contribution in [0.15, 0.2) is 29.2 Å². The summed E-state index contributed by atoms with van der Waals surface area (Å²) in [5, 5.41) is 3.41. The van der Waals surface area contributed by atoms with Crippen LogP contribution < -0.4 is 20.7 Å². The van der Waals surface area contributed by atoms with Gasteiger partial charge in [-0.2, -0.15) is 0 Å². The van der Waals surface area contributed by atoms with Gasteiger partial charge < -0.3 is 15.1 Å². The number of pyridine rings is 1. The van der Waals surface area contributed by atoms with E-state index in [2.05, 4.69) is 22.0 Å². The van der Waals surface area contributed by atoms with Crippen LogP contribution in [0, 0.1) is 0 Å². The monoisotopic (exact) mass is 327 g/mol. The van der Waals surface area contributed by atoms with E-state index in [0.717, 1.165) is 49.9 Å². The lowest BCUT2D eigenvalue weighted by Crippen LogP contribution is -2.52. The Balaban J connectivity index is 1.90. The van der Waals surface area contributed by atoms with E-state index in [1.165, 1.54) is 19.3 Å². The summed E-state index contributed by atoms with van der Waals surface area (Å²) in [6.07, 6.45) is 5.43. The molecule has 2 fully saturated rings. The largest absolute Gasteiger partial charge is 0.359 e. The first kappa shape index (κ1) is 15.4. The summed E-state index contributed by atoms with van der Waals surface area (Å²) in [5.74, 6) is 0.875. The lowest BCUT2D eigenvalue weighted by Gasteiger charge is -2.38. The van der Waals surface area contributed by atoms with Crippen LogP contribution >= 0.6 is 0 Å². The Hall–Kier alpha value is -2.08. The molecule has 1 N–H and O–H groups in total. The predicted molar refractivity (Wildman–Crippen MR) is 97.2 cm³/mol. The molecular formula is C18H25N5O. The molecule has 1 unspecified atom stereocenters. The van der Waals surface area contributed by atoms with Gasteiger partial charge in [-0.05, 0) is 38.3 Å². The average molecular weight is 327 g/mol. The summed E-state index contributed by atoms with van der Waals surface area (Å²) < 4.78 is 1.68. The molecule has 0 spiro atoms. The fraction of sp³-hybridized carbons (Fsp3) is 0.556. The first-order valence-corrected chi connectivity index (χ1v) is 8.99. The summed E-state index contributed by atoms with van der Waals surface area (Å²) in [6.45, 7) is 6.80. The van der Waals surface area contributed by atoms with E-state index < -0.39 is 0 Å². The number of piperazine rings is 1. The highest BCUT2D eigenvalue weighted by molar-refractivity contribution is 5.70. The lowest BCUT2D eigenvalue weighted by atomic mass is 10.1. The summed E-state index contributed by atoms with van der Waals surface area (Å²) in [5.41, 5.74) is 1.55. The molecule has 2 aliphatic heterocycles. The Labute approximate surface area is 142 Å². The predicted octanol–water partition coefficient (Wildman–Crippen LogP) is 1.48. The smallest absolute Gasteiger partial charge is 0.283 e. The van der Waals surface area contributed by atoms with Gasteiger partial charge in [0.1, 0.15) is 11.3 Å². The van der Waals surface area contributed by atoms with E-state index in [4.69, 9.17) is 4.98 Å². The van der Waals surface area contributed by atoms with Crippen LogP contribution in [-0.2, 0) is 0 Å². The third-order valence-electron chi connectivity index (χ3n) is 5.14. The summed E-state index contributed by atoms with van der Waals surface area (Å²) >= 11 is 0. The van der Waals surface area contributed by atoms with Crippen molar-refractivity contribution in [3.63, 3.8) is 0 Å². The molecule has 128 valence electrons. The normalized spacial score (nSPS) is 22.1. The topological polar surface area (TPSA) is 52.9 Å². The van der Waals surface area contributed by atoms with Crippen LogP contribution in [0.3, 0.4) is 0 Å². The molecule has 0 bridgehead atoms. The highest BCUT2D eigenvalue weighted by Gasteiger charge is 2.28. The zero-order valence-electron chi connectivity index (χ0n) is 14.2. The average Bonchev–Trinajstić information content (AvgIpc) is 2.63. The molecule has 0 aliphatic carbocycles. The van der Waals surface area contributed by atoms with Crippen molar-refractivity contribution in [2.75, 3.05) is 42.5 Å². The van der Waals surface area contributed by atoms with Crippen molar-refractivity contribution in [1.82, 2.24) is 14.7 Å². The summed E-state index contributed by atoms with van der Waals surface area (Å²) in [4.78, 5) is 22.7. The molecule has 24 heavy (non-hydrogen) atoms. The first-order chi connectivity index (χ1) is 11.8. The van der Waals surface area contributed by atoms with Crippen molar-refractivity contribution in [3.8, 4) is 0 Å². The fourth-order valence-corrected chi connectivity index (χ4v) is 3.82. The Morgan fingerprint density at radius 3 is 2.79 bits per heavy atom. The van der Waals surface area contributed by atoms with Crippen molar-refractivity contribution >= 4 is 17.2 Å². The molecule has 6 heteroatoms. The number of aromatic nitrogens is 2. The van der Waals surface area contributed by atoms with Gasteiger partial charge in [0.05, 0.1) is 0 Å². The van der Waals surface area contributed by atoms with Crippen LogP contribution in [0.1, 0.15) is 26.2 Å². The quantitative estimate of drug-likeness (QED) is 0.905. The Kier molecular flexibility index (Phi) is 4.14. The van der Waals surface area contributed by atoms with Crippen LogP contribution in [0.2, 0.25) is 0 Å². The van der Waals surface area contributed by atoms with E-state index in [0.29, 0.717) is 6.04 Å². The van der Waals surface area contributed by atoms with Crippen LogP contribution in [0.5, 0.6) is 0 Å². The maximum atomic E-state index is 13.3. The third-order valence-corrected chi connectivity index (χ3v) is 5.14. The van der Waals surface area contributed by atoms with E-state index in [-0.39, 0.29) is 5.56 Å². The van der Waals surface area contributed by atoms with Gasteiger partial charge in [0.25, 0.3) is 5.56 Å². The van der Waals surface area contributed by atoms with Gasteiger partial charge in [-0.25, -0.2) is 4.98 Å². The number of fused-ring (bicyclic) bond motifs is 1. The van der Waals surface area contributed by atoms with Crippen molar-refractivity contribution in [3.05, 3.63) is 34.7 Å². The standard InChI is InChI=1S/C18H25N5O/c1-14-13-19-8-12-22(14)16-17(21-9-4-2-5-10-21)20-15-7-3-6-11-23(15)18(16)24/h3,6-7,11,14,19H,2,4-5,8-10,12-13H2,1H3. The molecule has 2 aromatic heterocycles. The van der Waals surface area contributed by atoms with E-state index in [1.807, 2.05) is 24.4 Å². The molecule has 0 radical (unpaired) electrons. The van der Waals surface area contributed by atoms with Crippen LogP contribution in [0.4, 0.5) is 11.5 Å². The lowest BCUT2D eigenvalue weighted by molar-refractivity contribution is 0.497. The second kappa shape index (κ2) is 6.43. The molecule has 0 saturated carbocycles. The van der Waals surface area contributed by atoms with Crippen molar-refractivity contribution in [2.45, 2.75) is 32.2 Å². The number of piperidine rings is 1. The van der Waals surface area contributed by atoms with E-state index in [9.17, 15) is 4.79 Å². The van der Waals surface area contributed by atoms with Gasteiger partial charge in [-0.1, -0.05) is 6.07 Å². The van der Waals surface area contributed by atoms with Gasteiger partial charge in [0, 0.05) is 45.0 Å². The molecule has 1 atom stereocenters.